The molecule has 0 aromatic heterocycles. The van der Waals surface area contributed by atoms with Gasteiger partial charge < -0.3 is 15.6 Å². The maximum atomic E-state index is 11.1. The van der Waals surface area contributed by atoms with E-state index in [2.05, 4.69) is 0 Å². The molecule has 0 bridgehead atoms. The molecular formula is C23H23NO3. The largest absolute Gasteiger partial charge is 0.370 e. The standard InChI is InChI=1S/C23H23NO3/c24-21(25)16-17-22(26)27-23(18-10-4-1-5-11-18,19-12-6-2-7-13-19)20-14-8-3-9-15-20/h1-15,22,26H,16-17H2,(H2,24,25). The monoisotopic (exact) mass is 361 g/mol. The summed E-state index contributed by atoms with van der Waals surface area (Å²) in [7, 11) is 0. The van der Waals surface area contributed by atoms with Crippen molar-refractivity contribution in [2.24, 2.45) is 5.73 Å². The first-order valence-electron chi connectivity index (χ1n) is 8.93. The Labute approximate surface area is 159 Å². The van der Waals surface area contributed by atoms with Crippen LogP contribution >= 0.6 is 0 Å². The number of primary amides is 1. The quantitative estimate of drug-likeness (QED) is 0.476. The molecule has 3 aromatic rings. The Morgan fingerprint density at radius 3 is 1.52 bits per heavy atom. The minimum Gasteiger partial charge on any atom is -0.370 e. The van der Waals surface area contributed by atoms with Crippen LogP contribution in [0.15, 0.2) is 91.0 Å². The third-order valence-electron chi connectivity index (χ3n) is 4.49. The molecule has 0 spiro atoms. The molecule has 1 atom stereocenters. The predicted molar refractivity (Wildman–Crippen MR) is 105 cm³/mol. The first-order valence-corrected chi connectivity index (χ1v) is 8.93. The summed E-state index contributed by atoms with van der Waals surface area (Å²) in [5, 5.41) is 10.6. The van der Waals surface area contributed by atoms with E-state index in [0.29, 0.717) is 0 Å². The summed E-state index contributed by atoms with van der Waals surface area (Å²) in [4.78, 5) is 11.1. The number of hydrogen-bond acceptors (Lipinski definition) is 3. The first kappa shape index (κ1) is 18.8. The lowest BCUT2D eigenvalue weighted by Crippen LogP contribution is -2.37. The van der Waals surface area contributed by atoms with Crippen LogP contribution in [0.25, 0.3) is 0 Å². The SMILES string of the molecule is NC(=O)CCC(O)OC(c1ccccc1)(c1ccccc1)c1ccccc1. The Morgan fingerprint density at radius 1 is 0.815 bits per heavy atom. The Hall–Kier alpha value is -2.95. The van der Waals surface area contributed by atoms with Gasteiger partial charge in [-0.3, -0.25) is 4.79 Å². The second-order valence-corrected chi connectivity index (χ2v) is 6.36. The van der Waals surface area contributed by atoms with Gasteiger partial charge in [0, 0.05) is 12.8 Å². The fourth-order valence-electron chi connectivity index (χ4n) is 3.25. The van der Waals surface area contributed by atoms with Crippen LogP contribution in [-0.2, 0) is 15.1 Å². The van der Waals surface area contributed by atoms with Gasteiger partial charge in [0.05, 0.1) is 0 Å². The summed E-state index contributed by atoms with van der Waals surface area (Å²) in [6, 6.07) is 29.3. The van der Waals surface area contributed by atoms with Crippen LogP contribution in [0.2, 0.25) is 0 Å². The Kier molecular flexibility index (Phi) is 6.01. The second-order valence-electron chi connectivity index (χ2n) is 6.36. The minimum atomic E-state index is -1.15. The minimum absolute atomic E-state index is 0.0512. The molecule has 1 amide bonds. The van der Waals surface area contributed by atoms with Gasteiger partial charge >= 0.3 is 0 Å². The second kappa shape index (κ2) is 8.62. The zero-order chi connectivity index (χ0) is 19.1. The van der Waals surface area contributed by atoms with Crippen molar-refractivity contribution in [1.29, 1.82) is 0 Å². The summed E-state index contributed by atoms with van der Waals surface area (Å²) in [6.45, 7) is 0. The van der Waals surface area contributed by atoms with E-state index in [1.54, 1.807) is 0 Å². The number of benzene rings is 3. The van der Waals surface area contributed by atoms with Crippen LogP contribution in [0.4, 0.5) is 0 Å². The van der Waals surface area contributed by atoms with Gasteiger partial charge in [0.25, 0.3) is 0 Å². The molecule has 1 unspecified atom stereocenters. The van der Waals surface area contributed by atoms with Crippen LogP contribution in [0.3, 0.4) is 0 Å². The highest BCUT2D eigenvalue weighted by Gasteiger charge is 2.39. The molecule has 0 aliphatic carbocycles. The molecule has 4 nitrogen and oxygen atoms in total. The lowest BCUT2D eigenvalue weighted by atomic mass is 9.80. The van der Waals surface area contributed by atoms with Gasteiger partial charge in [0.2, 0.25) is 5.91 Å². The molecular weight excluding hydrogens is 338 g/mol. The molecule has 3 N–H and O–H groups in total. The number of carbonyl (C=O) groups is 1. The van der Waals surface area contributed by atoms with E-state index < -0.39 is 17.8 Å². The van der Waals surface area contributed by atoms with Gasteiger partial charge in [-0.15, -0.1) is 0 Å². The van der Waals surface area contributed by atoms with E-state index in [0.717, 1.165) is 16.7 Å². The maximum absolute atomic E-state index is 11.1. The van der Waals surface area contributed by atoms with Crippen molar-refractivity contribution in [1.82, 2.24) is 0 Å². The summed E-state index contributed by atoms with van der Waals surface area (Å²) < 4.78 is 6.29. The molecule has 27 heavy (non-hydrogen) atoms. The Balaban J connectivity index is 2.15. The lowest BCUT2D eigenvalue weighted by Gasteiger charge is -2.37. The van der Waals surface area contributed by atoms with Crippen molar-refractivity contribution < 1.29 is 14.6 Å². The molecule has 0 heterocycles. The fourth-order valence-corrected chi connectivity index (χ4v) is 3.25. The first-order chi connectivity index (χ1) is 13.1. The lowest BCUT2D eigenvalue weighted by molar-refractivity contribution is -0.164. The van der Waals surface area contributed by atoms with E-state index in [9.17, 15) is 9.90 Å². The molecule has 0 radical (unpaired) electrons. The predicted octanol–water partition coefficient (Wildman–Crippen LogP) is 3.58. The molecule has 0 aliphatic rings. The number of ether oxygens (including phenoxy) is 1. The third-order valence-corrected chi connectivity index (χ3v) is 4.49. The molecule has 3 rings (SSSR count). The number of rotatable bonds is 8. The molecule has 0 saturated heterocycles. The van der Waals surface area contributed by atoms with Crippen LogP contribution < -0.4 is 5.73 Å². The van der Waals surface area contributed by atoms with Gasteiger partial charge in [-0.05, 0) is 16.7 Å². The number of hydrogen-bond donors (Lipinski definition) is 2. The highest BCUT2D eigenvalue weighted by Crippen LogP contribution is 2.41. The smallest absolute Gasteiger partial charge is 0.217 e. The van der Waals surface area contributed by atoms with E-state index in [4.69, 9.17) is 10.5 Å². The van der Waals surface area contributed by atoms with Gasteiger partial charge in [0.15, 0.2) is 6.29 Å². The third kappa shape index (κ3) is 4.25. The zero-order valence-electron chi connectivity index (χ0n) is 15.0. The maximum Gasteiger partial charge on any atom is 0.217 e. The van der Waals surface area contributed by atoms with Crippen molar-refractivity contribution in [2.75, 3.05) is 0 Å². The summed E-state index contributed by atoms with van der Waals surface area (Å²) in [6.07, 6.45) is -0.975. The van der Waals surface area contributed by atoms with Crippen LogP contribution in [0.5, 0.6) is 0 Å². The molecule has 3 aromatic carbocycles. The molecule has 0 saturated carbocycles. The molecule has 4 heteroatoms. The zero-order valence-corrected chi connectivity index (χ0v) is 15.0. The highest BCUT2D eigenvalue weighted by molar-refractivity contribution is 5.73. The van der Waals surface area contributed by atoms with Gasteiger partial charge in [0.1, 0.15) is 5.60 Å². The van der Waals surface area contributed by atoms with Crippen molar-refractivity contribution in [2.45, 2.75) is 24.7 Å². The Bertz CT molecular complexity index is 754. The van der Waals surface area contributed by atoms with E-state index in [-0.39, 0.29) is 12.8 Å². The van der Waals surface area contributed by atoms with Crippen LogP contribution in [0.1, 0.15) is 29.5 Å². The van der Waals surface area contributed by atoms with Crippen molar-refractivity contribution in [3.63, 3.8) is 0 Å². The van der Waals surface area contributed by atoms with Crippen molar-refractivity contribution in [3.05, 3.63) is 108 Å². The number of amides is 1. The van der Waals surface area contributed by atoms with Crippen LogP contribution in [0, 0.1) is 0 Å². The summed E-state index contributed by atoms with van der Waals surface area (Å²) >= 11 is 0. The van der Waals surface area contributed by atoms with Gasteiger partial charge in [-0.1, -0.05) is 91.0 Å². The molecule has 138 valence electrons. The average molecular weight is 361 g/mol. The molecule has 0 aliphatic heterocycles. The average Bonchev–Trinajstić information content (AvgIpc) is 2.72. The summed E-state index contributed by atoms with van der Waals surface area (Å²) in [5.74, 6) is -0.470. The number of aliphatic hydroxyl groups excluding tert-OH is 1. The van der Waals surface area contributed by atoms with E-state index in [1.807, 2.05) is 91.0 Å². The fraction of sp³-hybridized carbons (Fsp3) is 0.174. The van der Waals surface area contributed by atoms with Gasteiger partial charge in [-0.25, -0.2) is 0 Å². The molecule has 0 fully saturated rings. The normalized spacial score (nSPS) is 12.5. The number of aliphatic hydroxyl groups is 1. The van der Waals surface area contributed by atoms with E-state index in [1.165, 1.54) is 0 Å². The van der Waals surface area contributed by atoms with Crippen molar-refractivity contribution in [3.8, 4) is 0 Å². The van der Waals surface area contributed by atoms with E-state index >= 15 is 0 Å². The number of nitrogens with two attached hydrogens (primary N) is 1. The van der Waals surface area contributed by atoms with Crippen molar-refractivity contribution >= 4 is 5.91 Å². The topological polar surface area (TPSA) is 72.6 Å². The van der Waals surface area contributed by atoms with Gasteiger partial charge in [-0.2, -0.15) is 0 Å². The summed E-state index contributed by atoms with van der Waals surface area (Å²) in [5.41, 5.74) is 6.89. The van der Waals surface area contributed by atoms with Crippen LogP contribution in [-0.4, -0.2) is 17.3 Å². The number of carbonyl (C=O) groups excluding carboxylic acids is 1. The highest BCUT2D eigenvalue weighted by atomic mass is 16.6. The Morgan fingerprint density at radius 2 is 1.19 bits per heavy atom.